The van der Waals surface area contributed by atoms with Gasteiger partial charge in [-0.25, -0.2) is 0 Å². The first-order valence-corrected chi connectivity index (χ1v) is 10.2. The van der Waals surface area contributed by atoms with Crippen LogP contribution in [0.2, 0.25) is 0 Å². The lowest BCUT2D eigenvalue weighted by atomic mass is 9.83. The molecular weight excluding hydrogens is 400 g/mol. The Morgan fingerprint density at radius 1 is 1.19 bits per heavy atom. The van der Waals surface area contributed by atoms with Crippen molar-refractivity contribution in [3.05, 3.63) is 68.8 Å². The number of benzene rings is 1. The van der Waals surface area contributed by atoms with Gasteiger partial charge >= 0.3 is 11.2 Å². The van der Waals surface area contributed by atoms with Crippen LogP contribution in [0.5, 0.6) is 5.75 Å². The minimum absolute atomic E-state index is 0.00598. The number of ether oxygens (including phenoxy) is 1. The van der Waals surface area contributed by atoms with E-state index >= 15 is 0 Å². The number of nitrogens with zero attached hydrogens (tertiary/aromatic N) is 4. The molecule has 4 heterocycles. The van der Waals surface area contributed by atoms with Crippen LogP contribution in [0.3, 0.4) is 0 Å². The van der Waals surface area contributed by atoms with Crippen molar-refractivity contribution >= 4 is 22.5 Å². The predicted molar refractivity (Wildman–Crippen MR) is 113 cm³/mol. The van der Waals surface area contributed by atoms with Crippen molar-refractivity contribution in [1.82, 2.24) is 14.0 Å². The number of amides is 1. The molecule has 9 heteroatoms. The first kappa shape index (κ1) is 19.3. The van der Waals surface area contributed by atoms with Crippen LogP contribution in [0.1, 0.15) is 18.0 Å². The number of fused-ring (bicyclic) bond motifs is 5. The number of hydrogen-bond donors (Lipinski definition) is 0. The second-order valence-corrected chi connectivity index (χ2v) is 8.25. The van der Waals surface area contributed by atoms with Crippen molar-refractivity contribution in [3.63, 3.8) is 0 Å². The Labute approximate surface area is 177 Å². The van der Waals surface area contributed by atoms with Gasteiger partial charge in [-0.1, -0.05) is 6.07 Å². The highest BCUT2D eigenvalue weighted by atomic mass is 16.6. The molecule has 2 aliphatic heterocycles. The van der Waals surface area contributed by atoms with Crippen molar-refractivity contribution in [2.75, 3.05) is 20.2 Å². The molecule has 1 aromatic carbocycles. The summed E-state index contributed by atoms with van der Waals surface area (Å²) in [5.74, 6) is 0.905. The number of aromatic nitrogens is 2. The molecule has 5 rings (SSSR count). The molecule has 3 aromatic rings. The fraction of sp³-hybridized carbons (Fsp3) is 0.364. The van der Waals surface area contributed by atoms with Gasteiger partial charge in [0.1, 0.15) is 12.3 Å². The molecule has 160 valence electrons. The predicted octanol–water partition coefficient (Wildman–Crippen LogP) is 2.37. The van der Waals surface area contributed by atoms with E-state index in [-0.39, 0.29) is 24.3 Å². The summed E-state index contributed by atoms with van der Waals surface area (Å²) >= 11 is 0. The first-order chi connectivity index (χ1) is 15.0. The Balaban J connectivity index is 1.38. The molecule has 1 fully saturated rings. The van der Waals surface area contributed by atoms with Gasteiger partial charge in [-0.3, -0.25) is 19.7 Å². The van der Waals surface area contributed by atoms with E-state index in [0.717, 1.165) is 28.8 Å². The fourth-order valence-corrected chi connectivity index (χ4v) is 5.03. The lowest BCUT2D eigenvalue weighted by molar-refractivity contribution is -0.386. The zero-order valence-electron chi connectivity index (χ0n) is 17.1. The summed E-state index contributed by atoms with van der Waals surface area (Å²) in [7, 11) is 1.63. The van der Waals surface area contributed by atoms with Gasteiger partial charge in [0.05, 0.1) is 17.5 Å². The highest BCUT2D eigenvalue weighted by Gasteiger charge is 2.37. The van der Waals surface area contributed by atoms with Gasteiger partial charge in [0.2, 0.25) is 5.91 Å². The van der Waals surface area contributed by atoms with Gasteiger partial charge in [-0.05, 0) is 36.6 Å². The maximum absolute atomic E-state index is 13.1. The Morgan fingerprint density at radius 3 is 2.81 bits per heavy atom. The summed E-state index contributed by atoms with van der Waals surface area (Å²) in [6.45, 7) is 1.69. The number of nitro groups is 1. The topological polar surface area (TPSA) is 99.6 Å². The van der Waals surface area contributed by atoms with E-state index in [2.05, 4.69) is 0 Å². The van der Waals surface area contributed by atoms with Gasteiger partial charge in [-0.2, -0.15) is 0 Å². The van der Waals surface area contributed by atoms with Gasteiger partial charge < -0.3 is 18.8 Å². The third-order valence-corrected chi connectivity index (χ3v) is 6.43. The molecule has 1 saturated heterocycles. The number of rotatable bonds is 4. The lowest BCUT2D eigenvalue weighted by Crippen LogP contribution is -2.50. The van der Waals surface area contributed by atoms with E-state index < -0.39 is 16.2 Å². The second kappa shape index (κ2) is 7.26. The standard InChI is InChI=1S/C22H22N4O5/c1-31-20-4-2-3-18-16(20)7-8-23(18)13-21(27)24-10-14-9-15(12-24)17-5-6-19(26(29)30)22(28)25(17)11-14/h2-8,14-15H,9-13H2,1H3/t14-,15+/m0/s1. The molecule has 2 aliphatic rings. The smallest absolute Gasteiger partial charge is 0.334 e. The zero-order chi connectivity index (χ0) is 21.7. The van der Waals surface area contributed by atoms with Crippen LogP contribution in [0, 0.1) is 16.0 Å². The van der Waals surface area contributed by atoms with Crippen LogP contribution in [0.25, 0.3) is 10.9 Å². The SMILES string of the molecule is COc1cccc2c1ccn2CC(=O)N1C[C@@H]2C[C@H](C1)c1ccc([N+](=O)[O-])c(=O)n1C2. The molecular formula is C22H22N4O5. The molecule has 1 amide bonds. The number of carbonyl (C=O) groups excluding carboxylic acids is 1. The molecule has 2 bridgehead atoms. The third-order valence-electron chi connectivity index (χ3n) is 6.43. The molecule has 2 aromatic heterocycles. The van der Waals surface area contributed by atoms with Crippen LogP contribution >= 0.6 is 0 Å². The number of carbonyl (C=O) groups is 1. The highest BCUT2D eigenvalue weighted by Crippen LogP contribution is 2.36. The van der Waals surface area contributed by atoms with Crippen molar-refractivity contribution in [2.24, 2.45) is 5.92 Å². The van der Waals surface area contributed by atoms with Crippen LogP contribution in [-0.2, 0) is 17.9 Å². The molecule has 0 radical (unpaired) electrons. The average Bonchev–Trinajstić information content (AvgIpc) is 3.17. The highest BCUT2D eigenvalue weighted by molar-refractivity contribution is 5.88. The number of pyridine rings is 1. The summed E-state index contributed by atoms with van der Waals surface area (Å²) in [6.07, 6.45) is 2.77. The molecule has 0 spiro atoms. The van der Waals surface area contributed by atoms with Crippen LogP contribution in [0.4, 0.5) is 5.69 Å². The van der Waals surface area contributed by atoms with E-state index in [1.807, 2.05) is 39.9 Å². The summed E-state index contributed by atoms with van der Waals surface area (Å²) in [5, 5.41) is 12.1. The van der Waals surface area contributed by atoms with Crippen LogP contribution < -0.4 is 10.3 Å². The van der Waals surface area contributed by atoms with Crippen LogP contribution in [0.15, 0.2) is 47.4 Å². The molecule has 2 atom stereocenters. The summed E-state index contributed by atoms with van der Waals surface area (Å²) < 4.78 is 8.86. The van der Waals surface area contributed by atoms with Crippen molar-refractivity contribution in [1.29, 1.82) is 0 Å². The van der Waals surface area contributed by atoms with E-state index in [1.54, 1.807) is 13.2 Å². The fourth-order valence-electron chi connectivity index (χ4n) is 5.03. The van der Waals surface area contributed by atoms with E-state index in [4.69, 9.17) is 4.74 Å². The number of hydrogen-bond acceptors (Lipinski definition) is 5. The average molecular weight is 422 g/mol. The van der Waals surface area contributed by atoms with E-state index in [0.29, 0.717) is 19.6 Å². The number of piperidine rings is 1. The monoisotopic (exact) mass is 422 g/mol. The number of likely N-dealkylation sites (tertiary alicyclic amines) is 1. The molecule has 9 nitrogen and oxygen atoms in total. The lowest BCUT2D eigenvalue weighted by Gasteiger charge is -2.42. The molecule has 31 heavy (non-hydrogen) atoms. The summed E-state index contributed by atoms with van der Waals surface area (Å²) in [5.41, 5.74) is 0.769. The Morgan fingerprint density at radius 2 is 2.03 bits per heavy atom. The van der Waals surface area contributed by atoms with Gasteiger partial charge in [0, 0.05) is 48.9 Å². The molecule has 0 saturated carbocycles. The van der Waals surface area contributed by atoms with Gasteiger partial charge in [-0.15, -0.1) is 0 Å². The molecule has 0 aliphatic carbocycles. The third kappa shape index (κ3) is 3.17. The zero-order valence-corrected chi connectivity index (χ0v) is 17.1. The summed E-state index contributed by atoms with van der Waals surface area (Å²) in [4.78, 5) is 38.0. The number of methoxy groups -OCH3 is 1. The quantitative estimate of drug-likeness (QED) is 0.475. The first-order valence-electron chi connectivity index (χ1n) is 10.2. The normalized spacial score (nSPS) is 19.8. The van der Waals surface area contributed by atoms with Crippen LogP contribution in [-0.4, -0.2) is 45.1 Å². The van der Waals surface area contributed by atoms with E-state index in [1.165, 1.54) is 10.6 Å². The van der Waals surface area contributed by atoms with Gasteiger partial charge in [0.25, 0.3) is 0 Å². The van der Waals surface area contributed by atoms with Crippen molar-refractivity contribution in [3.8, 4) is 5.75 Å². The van der Waals surface area contributed by atoms with Crippen molar-refractivity contribution in [2.45, 2.75) is 25.4 Å². The Kier molecular flexibility index (Phi) is 4.53. The van der Waals surface area contributed by atoms with Crippen molar-refractivity contribution < 1.29 is 14.5 Å². The largest absolute Gasteiger partial charge is 0.496 e. The maximum atomic E-state index is 13.1. The Hall–Kier alpha value is -3.62. The maximum Gasteiger partial charge on any atom is 0.334 e. The summed E-state index contributed by atoms with van der Waals surface area (Å²) in [6, 6.07) is 10.7. The Bertz CT molecular complexity index is 1260. The molecule has 0 N–H and O–H groups in total. The molecule has 0 unspecified atom stereocenters. The second-order valence-electron chi connectivity index (χ2n) is 8.25. The van der Waals surface area contributed by atoms with Gasteiger partial charge in [0.15, 0.2) is 0 Å². The minimum atomic E-state index is -0.633. The van der Waals surface area contributed by atoms with E-state index in [9.17, 15) is 19.7 Å². The minimum Gasteiger partial charge on any atom is -0.496 e.